The van der Waals surface area contributed by atoms with Crippen molar-refractivity contribution in [1.29, 1.82) is 0 Å². The lowest BCUT2D eigenvalue weighted by molar-refractivity contribution is 0.591. The van der Waals surface area contributed by atoms with E-state index < -0.39 is 0 Å². The van der Waals surface area contributed by atoms with Crippen LogP contribution in [0.5, 0.6) is 0 Å². The quantitative estimate of drug-likeness (QED) is 0.623. The van der Waals surface area contributed by atoms with Crippen molar-refractivity contribution in [1.82, 2.24) is 4.98 Å². The third-order valence-electron chi connectivity index (χ3n) is 2.47. The zero-order valence-electron chi connectivity index (χ0n) is 8.91. The van der Waals surface area contributed by atoms with E-state index in [1.807, 2.05) is 12.3 Å². The molecule has 15 heavy (non-hydrogen) atoms. The normalized spacial score (nSPS) is 11.1. The summed E-state index contributed by atoms with van der Waals surface area (Å²) in [6.45, 7) is 6.68. The number of pyridine rings is 1. The molecule has 0 unspecified atom stereocenters. The van der Waals surface area contributed by atoms with E-state index in [-0.39, 0.29) is 12.8 Å². The minimum Gasteiger partial charge on any atom is -0.256 e. The van der Waals surface area contributed by atoms with Crippen molar-refractivity contribution < 1.29 is 0 Å². The van der Waals surface area contributed by atoms with Gasteiger partial charge in [-0.3, -0.25) is 4.98 Å². The van der Waals surface area contributed by atoms with Crippen molar-refractivity contribution in [3.05, 3.63) is 42.1 Å². The SMILES string of the molecule is C.CC(C)(C)c1ccc2ncccc2c1. The molecule has 0 amide bonds. The van der Waals surface area contributed by atoms with E-state index in [1.165, 1.54) is 10.9 Å². The summed E-state index contributed by atoms with van der Waals surface area (Å²) >= 11 is 0. The molecule has 0 aliphatic rings. The highest BCUT2D eigenvalue weighted by Crippen LogP contribution is 2.24. The molecule has 0 aliphatic heterocycles. The zero-order chi connectivity index (χ0) is 10.2. The predicted molar refractivity (Wildman–Crippen MR) is 67.2 cm³/mol. The molecule has 1 nitrogen and oxygen atoms in total. The predicted octanol–water partition coefficient (Wildman–Crippen LogP) is 4.17. The average Bonchev–Trinajstić information content (AvgIpc) is 2.16. The first kappa shape index (κ1) is 11.7. The first-order valence-corrected chi connectivity index (χ1v) is 4.93. The van der Waals surface area contributed by atoms with Gasteiger partial charge in [0.05, 0.1) is 5.52 Å². The molecule has 2 rings (SSSR count). The molecular formula is C14H19N. The van der Waals surface area contributed by atoms with Crippen molar-refractivity contribution in [3.63, 3.8) is 0 Å². The van der Waals surface area contributed by atoms with Crippen LogP contribution in [0.4, 0.5) is 0 Å². The maximum atomic E-state index is 4.30. The van der Waals surface area contributed by atoms with E-state index in [0.717, 1.165) is 5.52 Å². The number of rotatable bonds is 0. The highest BCUT2D eigenvalue weighted by molar-refractivity contribution is 5.79. The van der Waals surface area contributed by atoms with Crippen LogP contribution in [0.25, 0.3) is 10.9 Å². The Labute approximate surface area is 92.2 Å². The van der Waals surface area contributed by atoms with Gasteiger partial charge in [-0.1, -0.05) is 40.3 Å². The molecule has 0 spiro atoms. The van der Waals surface area contributed by atoms with Crippen LogP contribution in [0.2, 0.25) is 0 Å². The minimum absolute atomic E-state index is 0. The molecular weight excluding hydrogens is 182 g/mol. The number of aromatic nitrogens is 1. The lowest BCUT2D eigenvalue weighted by Crippen LogP contribution is -2.10. The van der Waals surface area contributed by atoms with Crippen LogP contribution in [0, 0.1) is 0 Å². The van der Waals surface area contributed by atoms with E-state index >= 15 is 0 Å². The van der Waals surface area contributed by atoms with Crippen LogP contribution in [0.3, 0.4) is 0 Å². The van der Waals surface area contributed by atoms with Gasteiger partial charge in [-0.15, -0.1) is 0 Å². The summed E-state index contributed by atoms with van der Waals surface area (Å²) in [4.78, 5) is 4.30. The number of fused-ring (bicyclic) bond motifs is 1. The Bertz CT molecular complexity index is 452. The van der Waals surface area contributed by atoms with Crippen LogP contribution in [-0.4, -0.2) is 4.98 Å². The van der Waals surface area contributed by atoms with Crippen LogP contribution in [0.15, 0.2) is 36.5 Å². The Morgan fingerprint density at radius 2 is 1.80 bits per heavy atom. The molecule has 0 saturated heterocycles. The third kappa shape index (κ3) is 2.35. The second-order valence-electron chi connectivity index (χ2n) is 4.66. The fraction of sp³-hybridized carbons (Fsp3) is 0.357. The van der Waals surface area contributed by atoms with E-state index in [1.54, 1.807) is 0 Å². The van der Waals surface area contributed by atoms with Gasteiger partial charge in [-0.05, 0) is 29.2 Å². The van der Waals surface area contributed by atoms with Gasteiger partial charge in [0, 0.05) is 11.6 Å². The van der Waals surface area contributed by atoms with Gasteiger partial charge >= 0.3 is 0 Å². The first-order chi connectivity index (χ1) is 6.57. The molecule has 0 N–H and O–H groups in total. The first-order valence-electron chi connectivity index (χ1n) is 4.93. The Kier molecular flexibility index (Phi) is 3.13. The topological polar surface area (TPSA) is 12.9 Å². The maximum Gasteiger partial charge on any atom is 0.0702 e. The van der Waals surface area contributed by atoms with Gasteiger partial charge < -0.3 is 0 Å². The second kappa shape index (κ2) is 4.01. The second-order valence-corrected chi connectivity index (χ2v) is 4.66. The van der Waals surface area contributed by atoms with Crippen LogP contribution >= 0.6 is 0 Å². The number of hydrogen-bond donors (Lipinski definition) is 0. The molecule has 1 aromatic heterocycles. The maximum absolute atomic E-state index is 4.30. The summed E-state index contributed by atoms with van der Waals surface area (Å²) in [6.07, 6.45) is 1.83. The van der Waals surface area contributed by atoms with Gasteiger partial charge in [-0.2, -0.15) is 0 Å². The van der Waals surface area contributed by atoms with Gasteiger partial charge in [0.1, 0.15) is 0 Å². The number of benzene rings is 1. The molecule has 0 radical (unpaired) electrons. The van der Waals surface area contributed by atoms with Crippen molar-refractivity contribution >= 4 is 10.9 Å². The smallest absolute Gasteiger partial charge is 0.0702 e. The van der Waals surface area contributed by atoms with Crippen molar-refractivity contribution in [2.45, 2.75) is 33.6 Å². The van der Waals surface area contributed by atoms with Crippen molar-refractivity contribution in [3.8, 4) is 0 Å². The Morgan fingerprint density at radius 3 is 2.47 bits per heavy atom. The molecule has 1 aromatic carbocycles. The zero-order valence-corrected chi connectivity index (χ0v) is 8.91. The Balaban J connectivity index is 0.00000112. The molecule has 2 aromatic rings. The Morgan fingerprint density at radius 1 is 1.07 bits per heavy atom. The monoisotopic (exact) mass is 201 g/mol. The van der Waals surface area contributed by atoms with Gasteiger partial charge in [0.2, 0.25) is 0 Å². The molecule has 0 bridgehead atoms. The molecule has 1 heteroatoms. The molecule has 0 atom stereocenters. The third-order valence-corrected chi connectivity index (χ3v) is 2.47. The van der Waals surface area contributed by atoms with E-state index in [2.05, 4.69) is 50.0 Å². The molecule has 80 valence electrons. The van der Waals surface area contributed by atoms with Crippen LogP contribution < -0.4 is 0 Å². The van der Waals surface area contributed by atoms with E-state index in [4.69, 9.17) is 0 Å². The average molecular weight is 201 g/mol. The van der Waals surface area contributed by atoms with Crippen LogP contribution in [0.1, 0.15) is 33.8 Å². The molecule has 0 aliphatic carbocycles. The van der Waals surface area contributed by atoms with E-state index in [9.17, 15) is 0 Å². The van der Waals surface area contributed by atoms with Crippen molar-refractivity contribution in [2.24, 2.45) is 0 Å². The van der Waals surface area contributed by atoms with Gasteiger partial charge in [-0.25, -0.2) is 0 Å². The molecule has 0 saturated carbocycles. The largest absolute Gasteiger partial charge is 0.256 e. The summed E-state index contributed by atoms with van der Waals surface area (Å²) in [5.74, 6) is 0. The number of nitrogens with zero attached hydrogens (tertiary/aromatic N) is 1. The van der Waals surface area contributed by atoms with Crippen molar-refractivity contribution in [2.75, 3.05) is 0 Å². The fourth-order valence-corrected chi connectivity index (χ4v) is 1.54. The fourth-order valence-electron chi connectivity index (χ4n) is 1.54. The molecule has 0 fully saturated rings. The van der Waals surface area contributed by atoms with E-state index in [0.29, 0.717) is 0 Å². The number of hydrogen-bond acceptors (Lipinski definition) is 1. The summed E-state index contributed by atoms with van der Waals surface area (Å²) < 4.78 is 0. The van der Waals surface area contributed by atoms with Crippen LogP contribution in [-0.2, 0) is 5.41 Å². The summed E-state index contributed by atoms with van der Waals surface area (Å²) in [6, 6.07) is 10.6. The summed E-state index contributed by atoms with van der Waals surface area (Å²) in [5.41, 5.74) is 2.64. The lowest BCUT2D eigenvalue weighted by Gasteiger charge is -2.19. The summed E-state index contributed by atoms with van der Waals surface area (Å²) in [5, 5.41) is 1.22. The molecule has 1 heterocycles. The lowest BCUT2D eigenvalue weighted by atomic mass is 9.86. The van der Waals surface area contributed by atoms with Gasteiger partial charge in [0.15, 0.2) is 0 Å². The van der Waals surface area contributed by atoms with Gasteiger partial charge in [0.25, 0.3) is 0 Å². The highest BCUT2D eigenvalue weighted by Gasteiger charge is 2.13. The summed E-state index contributed by atoms with van der Waals surface area (Å²) in [7, 11) is 0. The standard InChI is InChI=1S/C13H15N.CH4/c1-13(2,3)11-6-7-12-10(9-11)5-4-8-14-12;/h4-9H,1-3H3;1H4. The highest BCUT2D eigenvalue weighted by atomic mass is 14.6. The Hall–Kier alpha value is -1.37. The minimum atomic E-state index is 0.